The van der Waals surface area contributed by atoms with Gasteiger partial charge in [-0.2, -0.15) is 0 Å². The normalized spacial score (nSPS) is 17.6. The third-order valence-electron chi connectivity index (χ3n) is 4.90. The van der Waals surface area contributed by atoms with Crippen molar-refractivity contribution in [2.45, 2.75) is 38.6 Å². The van der Waals surface area contributed by atoms with E-state index in [1.165, 1.54) is 5.56 Å². The molecule has 0 saturated carbocycles. The van der Waals surface area contributed by atoms with Crippen molar-refractivity contribution in [1.82, 2.24) is 19.4 Å². The Hall–Kier alpha value is -2.37. The SMILES string of the molecule is CCc1nccn1CC(=O)N1CCCC(c2ccnc(N(C)C)c2)C1. The first-order valence-electron chi connectivity index (χ1n) is 8.99. The van der Waals surface area contributed by atoms with Crippen molar-refractivity contribution in [3.8, 4) is 0 Å². The van der Waals surface area contributed by atoms with Crippen LogP contribution in [0.4, 0.5) is 5.82 Å². The van der Waals surface area contributed by atoms with Crippen LogP contribution in [0.5, 0.6) is 0 Å². The maximum absolute atomic E-state index is 12.7. The van der Waals surface area contributed by atoms with Gasteiger partial charge in [-0.05, 0) is 30.5 Å². The molecule has 1 saturated heterocycles. The standard InChI is InChI=1S/C19H27N5O/c1-4-17-21-9-11-23(17)14-19(25)24-10-5-6-16(13-24)15-7-8-20-18(12-15)22(2)3/h7-9,11-12,16H,4-6,10,13-14H2,1-3H3. The van der Waals surface area contributed by atoms with Gasteiger partial charge in [0.05, 0.1) is 0 Å². The lowest BCUT2D eigenvalue weighted by Crippen LogP contribution is -2.41. The van der Waals surface area contributed by atoms with Gasteiger partial charge in [-0.1, -0.05) is 6.92 Å². The number of hydrogen-bond donors (Lipinski definition) is 0. The van der Waals surface area contributed by atoms with E-state index in [4.69, 9.17) is 0 Å². The van der Waals surface area contributed by atoms with Gasteiger partial charge in [0.15, 0.2) is 0 Å². The predicted molar refractivity (Wildman–Crippen MR) is 98.7 cm³/mol. The number of aromatic nitrogens is 3. The van der Waals surface area contributed by atoms with Gasteiger partial charge < -0.3 is 14.4 Å². The molecule has 0 aliphatic carbocycles. The molecule has 1 unspecified atom stereocenters. The van der Waals surface area contributed by atoms with E-state index in [0.29, 0.717) is 12.5 Å². The van der Waals surface area contributed by atoms with E-state index in [1.807, 2.05) is 40.9 Å². The minimum atomic E-state index is 0.180. The lowest BCUT2D eigenvalue weighted by Gasteiger charge is -2.33. The van der Waals surface area contributed by atoms with Gasteiger partial charge in [-0.3, -0.25) is 4.79 Å². The molecule has 3 heterocycles. The number of likely N-dealkylation sites (tertiary alicyclic amines) is 1. The molecule has 2 aromatic rings. The summed E-state index contributed by atoms with van der Waals surface area (Å²) in [5.74, 6) is 2.49. The molecule has 1 atom stereocenters. The van der Waals surface area contributed by atoms with E-state index < -0.39 is 0 Å². The van der Waals surface area contributed by atoms with Crippen molar-refractivity contribution in [3.63, 3.8) is 0 Å². The number of piperidine rings is 1. The van der Waals surface area contributed by atoms with Crippen molar-refractivity contribution in [2.24, 2.45) is 0 Å². The Morgan fingerprint density at radius 1 is 1.32 bits per heavy atom. The highest BCUT2D eigenvalue weighted by Crippen LogP contribution is 2.28. The van der Waals surface area contributed by atoms with E-state index >= 15 is 0 Å². The number of pyridine rings is 1. The number of amides is 1. The van der Waals surface area contributed by atoms with Gasteiger partial charge in [0.2, 0.25) is 5.91 Å². The number of imidazole rings is 1. The fourth-order valence-electron chi connectivity index (χ4n) is 3.45. The Labute approximate surface area is 149 Å². The molecule has 2 aromatic heterocycles. The molecule has 1 aliphatic heterocycles. The summed E-state index contributed by atoms with van der Waals surface area (Å²) in [6.07, 6.45) is 8.53. The monoisotopic (exact) mass is 341 g/mol. The van der Waals surface area contributed by atoms with Crippen LogP contribution < -0.4 is 4.90 Å². The molecule has 0 bridgehead atoms. The summed E-state index contributed by atoms with van der Waals surface area (Å²) in [5, 5.41) is 0. The van der Waals surface area contributed by atoms with Crippen LogP contribution >= 0.6 is 0 Å². The van der Waals surface area contributed by atoms with Crippen LogP contribution in [0.25, 0.3) is 0 Å². The molecular formula is C19H27N5O. The summed E-state index contributed by atoms with van der Waals surface area (Å²) < 4.78 is 1.96. The first kappa shape index (κ1) is 17.5. The van der Waals surface area contributed by atoms with Crippen molar-refractivity contribution in [1.29, 1.82) is 0 Å². The lowest BCUT2D eigenvalue weighted by molar-refractivity contribution is -0.133. The first-order valence-corrected chi connectivity index (χ1v) is 8.99. The lowest BCUT2D eigenvalue weighted by atomic mass is 9.91. The minimum Gasteiger partial charge on any atom is -0.363 e. The van der Waals surface area contributed by atoms with E-state index in [-0.39, 0.29) is 5.91 Å². The molecule has 0 N–H and O–H groups in total. The van der Waals surface area contributed by atoms with Crippen LogP contribution in [0.2, 0.25) is 0 Å². The molecule has 134 valence electrons. The summed E-state index contributed by atoms with van der Waals surface area (Å²) in [6.45, 7) is 4.07. The van der Waals surface area contributed by atoms with Gasteiger partial charge in [0.1, 0.15) is 18.2 Å². The van der Waals surface area contributed by atoms with Crippen LogP contribution in [-0.4, -0.2) is 52.5 Å². The molecule has 1 aliphatic rings. The Bertz CT molecular complexity index is 724. The summed E-state index contributed by atoms with van der Waals surface area (Å²) in [7, 11) is 4.00. The summed E-state index contributed by atoms with van der Waals surface area (Å²) in [6, 6.07) is 4.22. The highest BCUT2D eigenvalue weighted by Gasteiger charge is 2.25. The maximum atomic E-state index is 12.7. The van der Waals surface area contributed by atoms with Gasteiger partial charge in [-0.25, -0.2) is 9.97 Å². The zero-order valence-electron chi connectivity index (χ0n) is 15.4. The second-order valence-corrected chi connectivity index (χ2v) is 6.85. The third kappa shape index (κ3) is 4.00. The van der Waals surface area contributed by atoms with Gasteiger partial charge in [-0.15, -0.1) is 0 Å². The molecule has 0 radical (unpaired) electrons. The number of rotatable bonds is 5. The summed E-state index contributed by atoms with van der Waals surface area (Å²) >= 11 is 0. The van der Waals surface area contributed by atoms with E-state index in [9.17, 15) is 4.79 Å². The van der Waals surface area contributed by atoms with Crippen LogP contribution in [-0.2, 0) is 17.8 Å². The number of aryl methyl sites for hydroxylation is 1. The number of carbonyl (C=O) groups is 1. The Morgan fingerprint density at radius 3 is 2.92 bits per heavy atom. The number of carbonyl (C=O) groups excluding carboxylic acids is 1. The average molecular weight is 341 g/mol. The predicted octanol–water partition coefficient (Wildman–Crippen LogP) is 2.31. The fraction of sp³-hybridized carbons (Fsp3) is 0.526. The smallest absolute Gasteiger partial charge is 0.242 e. The first-order chi connectivity index (χ1) is 12.1. The number of anilines is 1. The third-order valence-corrected chi connectivity index (χ3v) is 4.90. The zero-order chi connectivity index (χ0) is 17.8. The van der Waals surface area contributed by atoms with Crippen LogP contribution in [0.15, 0.2) is 30.7 Å². The van der Waals surface area contributed by atoms with E-state index in [1.54, 1.807) is 6.20 Å². The Balaban J connectivity index is 1.68. The molecule has 6 heteroatoms. The Kier molecular flexibility index (Phi) is 5.36. The van der Waals surface area contributed by atoms with E-state index in [2.05, 4.69) is 29.0 Å². The molecule has 6 nitrogen and oxygen atoms in total. The van der Waals surface area contributed by atoms with Gasteiger partial charge in [0, 0.05) is 58.1 Å². The maximum Gasteiger partial charge on any atom is 0.242 e. The quantitative estimate of drug-likeness (QED) is 0.837. The molecule has 25 heavy (non-hydrogen) atoms. The second kappa shape index (κ2) is 7.68. The number of hydrogen-bond acceptors (Lipinski definition) is 4. The topological polar surface area (TPSA) is 54.3 Å². The fourth-order valence-corrected chi connectivity index (χ4v) is 3.45. The van der Waals surface area contributed by atoms with Crippen LogP contribution in [0, 0.1) is 0 Å². The van der Waals surface area contributed by atoms with Crippen molar-refractivity contribution < 1.29 is 4.79 Å². The molecule has 3 rings (SSSR count). The Morgan fingerprint density at radius 2 is 2.16 bits per heavy atom. The molecule has 1 fully saturated rings. The minimum absolute atomic E-state index is 0.180. The highest BCUT2D eigenvalue weighted by atomic mass is 16.2. The van der Waals surface area contributed by atoms with Crippen molar-refractivity contribution >= 4 is 11.7 Å². The average Bonchev–Trinajstić information content (AvgIpc) is 3.09. The van der Waals surface area contributed by atoms with Crippen LogP contribution in [0.3, 0.4) is 0 Å². The largest absolute Gasteiger partial charge is 0.363 e. The number of nitrogens with zero attached hydrogens (tertiary/aromatic N) is 5. The summed E-state index contributed by atoms with van der Waals surface area (Å²) in [5.41, 5.74) is 1.27. The van der Waals surface area contributed by atoms with Crippen molar-refractivity contribution in [3.05, 3.63) is 42.1 Å². The van der Waals surface area contributed by atoms with Crippen LogP contribution in [0.1, 0.15) is 37.1 Å². The van der Waals surface area contributed by atoms with Gasteiger partial charge in [0.25, 0.3) is 0 Å². The zero-order valence-corrected chi connectivity index (χ0v) is 15.4. The molecule has 0 spiro atoms. The molecule has 0 aromatic carbocycles. The highest BCUT2D eigenvalue weighted by molar-refractivity contribution is 5.76. The molecule has 1 amide bonds. The second-order valence-electron chi connectivity index (χ2n) is 6.85. The van der Waals surface area contributed by atoms with Gasteiger partial charge >= 0.3 is 0 Å². The molecular weight excluding hydrogens is 314 g/mol. The van der Waals surface area contributed by atoms with E-state index in [0.717, 1.165) is 44.0 Å². The summed E-state index contributed by atoms with van der Waals surface area (Å²) in [4.78, 5) is 25.5. The van der Waals surface area contributed by atoms with Crippen molar-refractivity contribution in [2.75, 3.05) is 32.1 Å².